The molecule has 1 aromatic heterocycles. The number of para-hydroxylation sites is 1. The summed E-state index contributed by atoms with van der Waals surface area (Å²) in [5.41, 5.74) is 3.08. The van der Waals surface area contributed by atoms with Crippen molar-refractivity contribution in [3.63, 3.8) is 0 Å². The summed E-state index contributed by atoms with van der Waals surface area (Å²) in [5.74, 6) is -0.219. The van der Waals surface area contributed by atoms with E-state index in [4.69, 9.17) is 0 Å². The van der Waals surface area contributed by atoms with Crippen LogP contribution in [-0.4, -0.2) is 17.4 Å². The van der Waals surface area contributed by atoms with Crippen LogP contribution in [-0.2, 0) is 5.41 Å². The zero-order valence-electron chi connectivity index (χ0n) is 13.9. The SMILES string of the molecule is C=CCNc1ccnc(C(=O)Nc2ccccc2C(C)(C)C)c1. The van der Waals surface area contributed by atoms with Gasteiger partial charge in [0.25, 0.3) is 5.91 Å². The molecule has 23 heavy (non-hydrogen) atoms. The number of amides is 1. The van der Waals surface area contributed by atoms with Gasteiger partial charge in [0.05, 0.1) is 0 Å². The Morgan fingerprint density at radius 2 is 2.00 bits per heavy atom. The molecule has 4 heteroatoms. The van der Waals surface area contributed by atoms with Crippen LogP contribution in [0.3, 0.4) is 0 Å². The Hall–Kier alpha value is -2.62. The fourth-order valence-electron chi connectivity index (χ4n) is 2.29. The van der Waals surface area contributed by atoms with E-state index in [1.807, 2.05) is 30.3 Å². The van der Waals surface area contributed by atoms with Gasteiger partial charge in [-0.2, -0.15) is 0 Å². The maximum Gasteiger partial charge on any atom is 0.274 e. The zero-order valence-corrected chi connectivity index (χ0v) is 13.9. The van der Waals surface area contributed by atoms with E-state index in [1.165, 1.54) is 0 Å². The van der Waals surface area contributed by atoms with Gasteiger partial charge in [0.1, 0.15) is 5.69 Å². The van der Waals surface area contributed by atoms with Gasteiger partial charge >= 0.3 is 0 Å². The molecule has 0 aliphatic heterocycles. The highest BCUT2D eigenvalue weighted by atomic mass is 16.1. The third-order valence-corrected chi connectivity index (χ3v) is 3.43. The summed E-state index contributed by atoms with van der Waals surface area (Å²) in [6, 6.07) is 11.4. The van der Waals surface area contributed by atoms with Crippen molar-refractivity contribution in [2.45, 2.75) is 26.2 Å². The second kappa shape index (κ2) is 7.09. The fraction of sp³-hybridized carbons (Fsp3) is 0.263. The summed E-state index contributed by atoms with van der Waals surface area (Å²) >= 11 is 0. The Balaban J connectivity index is 2.21. The topological polar surface area (TPSA) is 54.0 Å². The van der Waals surface area contributed by atoms with Gasteiger partial charge in [0.2, 0.25) is 0 Å². The summed E-state index contributed by atoms with van der Waals surface area (Å²) in [6.45, 7) is 10.7. The molecule has 4 nitrogen and oxygen atoms in total. The van der Waals surface area contributed by atoms with Gasteiger partial charge in [-0.25, -0.2) is 0 Å². The lowest BCUT2D eigenvalue weighted by atomic mass is 9.86. The molecule has 2 N–H and O–H groups in total. The van der Waals surface area contributed by atoms with Crippen molar-refractivity contribution in [3.8, 4) is 0 Å². The van der Waals surface area contributed by atoms with Crippen molar-refractivity contribution < 1.29 is 4.79 Å². The first kappa shape index (κ1) is 16.7. The number of hydrogen-bond donors (Lipinski definition) is 2. The van der Waals surface area contributed by atoms with Crippen LogP contribution in [0.25, 0.3) is 0 Å². The first-order valence-corrected chi connectivity index (χ1v) is 7.63. The second-order valence-electron chi connectivity index (χ2n) is 6.35. The number of hydrogen-bond acceptors (Lipinski definition) is 3. The van der Waals surface area contributed by atoms with Gasteiger partial charge in [-0.05, 0) is 29.2 Å². The minimum absolute atomic E-state index is 0.0509. The molecule has 2 aromatic rings. The number of carbonyl (C=O) groups is 1. The average Bonchev–Trinajstić information content (AvgIpc) is 2.52. The number of nitrogens with one attached hydrogen (secondary N) is 2. The number of nitrogens with zero attached hydrogens (tertiary/aromatic N) is 1. The maximum absolute atomic E-state index is 12.5. The number of pyridine rings is 1. The minimum Gasteiger partial charge on any atom is -0.381 e. The predicted molar refractivity (Wildman–Crippen MR) is 96.0 cm³/mol. The quantitative estimate of drug-likeness (QED) is 0.813. The van der Waals surface area contributed by atoms with E-state index in [9.17, 15) is 4.79 Å². The van der Waals surface area contributed by atoms with Gasteiger partial charge in [-0.3, -0.25) is 9.78 Å². The third-order valence-electron chi connectivity index (χ3n) is 3.43. The van der Waals surface area contributed by atoms with E-state index in [1.54, 1.807) is 18.3 Å². The lowest BCUT2D eigenvalue weighted by Crippen LogP contribution is -2.19. The monoisotopic (exact) mass is 309 g/mol. The number of anilines is 2. The first-order chi connectivity index (χ1) is 10.9. The van der Waals surface area contributed by atoms with Crippen molar-refractivity contribution in [2.24, 2.45) is 0 Å². The van der Waals surface area contributed by atoms with Crippen LogP contribution in [0, 0.1) is 0 Å². The van der Waals surface area contributed by atoms with Crippen LogP contribution in [0.2, 0.25) is 0 Å². The molecule has 0 aliphatic carbocycles. The van der Waals surface area contributed by atoms with Crippen LogP contribution >= 0.6 is 0 Å². The normalized spacial score (nSPS) is 10.9. The first-order valence-electron chi connectivity index (χ1n) is 7.63. The summed E-state index contributed by atoms with van der Waals surface area (Å²) < 4.78 is 0. The van der Waals surface area contributed by atoms with Gasteiger partial charge < -0.3 is 10.6 Å². The lowest BCUT2D eigenvalue weighted by Gasteiger charge is -2.22. The molecule has 0 bridgehead atoms. The fourth-order valence-corrected chi connectivity index (χ4v) is 2.29. The molecule has 0 unspecified atom stereocenters. The molecular formula is C19H23N3O. The second-order valence-corrected chi connectivity index (χ2v) is 6.35. The van der Waals surface area contributed by atoms with Crippen LogP contribution < -0.4 is 10.6 Å². The van der Waals surface area contributed by atoms with E-state index < -0.39 is 0 Å². The van der Waals surface area contributed by atoms with Crippen molar-refractivity contribution >= 4 is 17.3 Å². The Bertz CT molecular complexity index is 702. The molecule has 0 radical (unpaired) electrons. The number of carbonyl (C=O) groups excluding carboxylic acids is 1. The van der Waals surface area contributed by atoms with Gasteiger partial charge in [0, 0.05) is 24.1 Å². The summed E-state index contributed by atoms with van der Waals surface area (Å²) in [4.78, 5) is 16.7. The summed E-state index contributed by atoms with van der Waals surface area (Å²) in [6.07, 6.45) is 3.38. The highest BCUT2D eigenvalue weighted by molar-refractivity contribution is 6.03. The molecule has 0 spiro atoms. The van der Waals surface area contributed by atoms with E-state index in [-0.39, 0.29) is 11.3 Å². The predicted octanol–water partition coefficient (Wildman–Crippen LogP) is 4.23. The molecule has 2 rings (SSSR count). The molecular weight excluding hydrogens is 286 g/mol. The van der Waals surface area contributed by atoms with Crippen molar-refractivity contribution in [2.75, 3.05) is 17.2 Å². The van der Waals surface area contributed by atoms with E-state index in [0.29, 0.717) is 12.2 Å². The van der Waals surface area contributed by atoms with Crippen molar-refractivity contribution in [1.82, 2.24) is 4.98 Å². The molecule has 0 aliphatic rings. The van der Waals surface area contributed by atoms with Gasteiger partial charge in [0.15, 0.2) is 0 Å². The summed E-state index contributed by atoms with van der Waals surface area (Å²) in [7, 11) is 0. The van der Waals surface area contributed by atoms with E-state index in [2.05, 4.69) is 43.0 Å². The Morgan fingerprint density at radius 1 is 1.26 bits per heavy atom. The largest absolute Gasteiger partial charge is 0.381 e. The molecule has 1 aromatic carbocycles. The smallest absolute Gasteiger partial charge is 0.274 e. The van der Waals surface area contributed by atoms with Crippen molar-refractivity contribution in [1.29, 1.82) is 0 Å². The average molecular weight is 309 g/mol. The summed E-state index contributed by atoms with van der Waals surface area (Å²) in [5, 5.41) is 6.12. The molecule has 0 saturated heterocycles. The highest BCUT2D eigenvalue weighted by Gasteiger charge is 2.19. The van der Waals surface area contributed by atoms with Crippen LogP contribution in [0.1, 0.15) is 36.8 Å². The van der Waals surface area contributed by atoms with E-state index >= 15 is 0 Å². The van der Waals surface area contributed by atoms with Gasteiger partial charge in [-0.15, -0.1) is 6.58 Å². The third kappa shape index (κ3) is 4.42. The Labute approximate surface area is 137 Å². The standard InChI is InChI=1S/C19H23N3O/c1-5-11-20-14-10-12-21-17(13-14)18(23)22-16-9-7-6-8-15(16)19(2,3)4/h5-10,12-13H,1,11H2,2-4H3,(H,20,21)(H,22,23). The van der Waals surface area contributed by atoms with Gasteiger partial charge in [-0.1, -0.05) is 45.0 Å². The maximum atomic E-state index is 12.5. The van der Waals surface area contributed by atoms with Crippen molar-refractivity contribution in [3.05, 3.63) is 66.5 Å². The zero-order chi connectivity index (χ0) is 16.9. The highest BCUT2D eigenvalue weighted by Crippen LogP contribution is 2.29. The molecule has 120 valence electrons. The van der Waals surface area contributed by atoms with E-state index in [0.717, 1.165) is 16.9 Å². The van der Waals surface area contributed by atoms with Crippen LogP contribution in [0.4, 0.5) is 11.4 Å². The number of rotatable bonds is 5. The Morgan fingerprint density at radius 3 is 2.70 bits per heavy atom. The number of aromatic nitrogens is 1. The number of benzene rings is 1. The molecule has 0 saturated carbocycles. The molecule has 0 atom stereocenters. The van der Waals surface area contributed by atoms with Crippen LogP contribution in [0.15, 0.2) is 55.3 Å². The minimum atomic E-state index is -0.219. The molecule has 1 heterocycles. The van der Waals surface area contributed by atoms with Crippen LogP contribution in [0.5, 0.6) is 0 Å². The Kier molecular flexibility index (Phi) is 5.16. The molecule has 1 amide bonds. The lowest BCUT2D eigenvalue weighted by molar-refractivity contribution is 0.102. The molecule has 0 fully saturated rings.